The smallest absolute Gasteiger partial charge is 0.244 e. The Morgan fingerprint density at radius 1 is 1.04 bits per heavy atom. The zero-order valence-electron chi connectivity index (χ0n) is 13.6. The van der Waals surface area contributed by atoms with Crippen LogP contribution in [0, 0.1) is 0 Å². The number of piperazine rings is 1. The Bertz CT molecular complexity index is 733. The number of carbonyl (C=O) groups is 1. The van der Waals surface area contributed by atoms with Crippen LogP contribution in [-0.2, 0) is 11.2 Å². The Hall–Kier alpha value is -1.84. The average Bonchev–Trinajstić information content (AvgIpc) is 3.14. The Labute approximate surface area is 147 Å². The zero-order chi connectivity index (χ0) is 16.5. The highest BCUT2D eigenvalue weighted by Gasteiger charge is 2.50. The molecule has 2 aliphatic rings. The number of hydrogen-bond acceptors (Lipinski definition) is 2. The summed E-state index contributed by atoms with van der Waals surface area (Å²) < 4.78 is 0. The number of carbonyl (C=O) groups excluding carboxylic acids is 1. The molecule has 2 aliphatic heterocycles. The first-order valence-electron chi connectivity index (χ1n) is 8.59. The molecule has 2 saturated heterocycles. The first kappa shape index (κ1) is 15.7. The van der Waals surface area contributed by atoms with Crippen molar-refractivity contribution in [2.45, 2.75) is 31.3 Å². The van der Waals surface area contributed by atoms with Crippen LogP contribution in [0.1, 0.15) is 18.4 Å². The van der Waals surface area contributed by atoms with Crippen molar-refractivity contribution in [3.8, 4) is 0 Å². The second kappa shape index (κ2) is 6.58. The van der Waals surface area contributed by atoms with Crippen molar-refractivity contribution in [1.29, 1.82) is 0 Å². The van der Waals surface area contributed by atoms with Gasteiger partial charge in [0.2, 0.25) is 5.91 Å². The summed E-state index contributed by atoms with van der Waals surface area (Å²) in [6.45, 7) is 1.94. The maximum Gasteiger partial charge on any atom is 0.244 e. The van der Waals surface area contributed by atoms with Gasteiger partial charge in [0.25, 0.3) is 0 Å². The molecule has 0 N–H and O–H groups in total. The summed E-state index contributed by atoms with van der Waals surface area (Å²) in [5.74, 6) is 0.207. The molecule has 4 heteroatoms. The van der Waals surface area contributed by atoms with E-state index in [1.54, 1.807) is 0 Å². The molecule has 0 spiro atoms. The van der Waals surface area contributed by atoms with Gasteiger partial charge in [-0.1, -0.05) is 54.1 Å². The summed E-state index contributed by atoms with van der Waals surface area (Å²) in [6.07, 6.45) is 3.08. The van der Waals surface area contributed by atoms with Crippen molar-refractivity contribution < 1.29 is 4.79 Å². The van der Waals surface area contributed by atoms with Crippen LogP contribution in [0.5, 0.6) is 0 Å². The molecule has 0 aliphatic carbocycles. The van der Waals surface area contributed by atoms with E-state index in [9.17, 15) is 4.79 Å². The van der Waals surface area contributed by atoms with Gasteiger partial charge >= 0.3 is 0 Å². The Balaban J connectivity index is 1.38. The van der Waals surface area contributed by atoms with Crippen LogP contribution in [0.25, 0.3) is 0 Å². The number of amides is 1. The average molecular weight is 341 g/mol. The zero-order valence-corrected chi connectivity index (χ0v) is 14.3. The third-order valence-electron chi connectivity index (χ3n) is 5.13. The molecule has 2 aromatic carbocycles. The highest BCUT2D eigenvalue weighted by Crippen LogP contribution is 2.38. The Kier molecular flexibility index (Phi) is 4.30. The monoisotopic (exact) mass is 340 g/mol. The van der Waals surface area contributed by atoms with Gasteiger partial charge in [0.15, 0.2) is 0 Å². The van der Waals surface area contributed by atoms with E-state index in [0.717, 1.165) is 38.0 Å². The molecule has 124 valence electrons. The van der Waals surface area contributed by atoms with Crippen molar-refractivity contribution >= 4 is 23.2 Å². The van der Waals surface area contributed by atoms with Gasteiger partial charge in [-0.15, -0.1) is 0 Å². The fraction of sp³-hybridized carbons (Fsp3) is 0.350. The number of nitrogens with zero attached hydrogens (tertiary/aromatic N) is 2. The Morgan fingerprint density at radius 2 is 1.79 bits per heavy atom. The topological polar surface area (TPSA) is 23.6 Å². The molecule has 4 rings (SSSR count). The molecule has 1 amide bonds. The number of likely N-dealkylation sites (tertiary alicyclic amines) is 1. The van der Waals surface area contributed by atoms with E-state index in [-0.39, 0.29) is 18.0 Å². The van der Waals surface area contributed by atoms with Crippen LogP contribution in [0.4, 0.5) is 5.69 Å². The summed E-state index contributed by atoms with van der Waals surface area (Å²) in [5, 5.41) is 0.661. The highest BCUT2D eigenvalue weighted by atomic mass is 35.5. The lowest BCUT2D eigenvalue weighted by atomic mass is 10.1. The third-order valence-corrected chi connectivity index (χ3v) is 5.45. The molecule has 0 radical (unpaired) electrons. The number of anilines is 1. The Morgan fingerprint density at radius 3 is 2.54 bits per heavy atom. The third kappa shape index (κ3) is 2.83. The van der Waals surface area contributed by atoms with Gasteiger partial charge in [-0.3, -0.25) is 9.69 Å². The van der Waals surface area contributed by atoms with E-state index in [1.165, 1.54) is 5.56 Å². The van der Waals surface area contributed by atoms with E-state index in [4.69, 9.17) is 11.6 Å². The van der Waals surface area contributed by atoms with Crippen LogP contribution in [-0.4, -0.2) is 36.0 Å². The predicted molar refractivity (Wildman–Crippen MR) is 97.5 cm³/mol. The summed E-state index contributed by atoms with van der Waals surface area (Å²) in [4.78, 5) is 17.1. The summed E-state index contributed by atoms with van der Waals surface area (Å²) >= 11 is 6.29. The number of benzene rings is 2. The van der Waals surface area contributed by atoms with E-state index < -0.39 is 0 Å². The molecule has 2 aromatic rings. The van der Waals surface area contributed by atoms with Crippen LogP contribution >= 0.6 is 11.6 Å². The number of fused-ring (bicyclic) bond motifs is 2. The van der Waals surface area contributed by atoms with Crippen LogP contribution in [0.15, 0.2) is 54.6 Å². The van der Waals surface area contributed by atoms with Gasteiger partial charge in [0, 0.05) is 6.54 Å². The number of para-hydroxylation sites is 1. The molecule has 3 nitrogen and oxygen atoms in total. The van der Waals surface area contributed by atoms with Gasteiger partial charge in [-0.25, -0.2) is 0 Å². The molecule has 2 bridgehead atoms. The minimum Gasteiger partial charge on any atom is -0.305 e. The highest BCUT2D eigenvalue weighted by molar-refractivity contribution is 6.34. The number of halogens is 1. The molecule has 0 saturated carbocycles. The van der Waals surface area contributed by atoms with E-state index in [0.29, 0.717) is 5.02 Å². The fourth-order valence-corrected chi connectivity index (χ4v) is 4.23. The van der Waals surface area contributed by atoms with E-state index in [2.05, 4.69) is 29.2 Å². The maximum atomic E-state index is 12.8. The molecule has 0 unspecified atom stereocenters. The summed E-state index contributed by atoms with van der Waals surface area (Å²) in [5.41, 5.74) is 2.23. The molecular weight excluding hydrogens is 320 g/mol. The lowest BCUT2D eigenvalue weighted by molar-refractivity contribution is -0.122. The van der Waals surface area contributed by atoms with Gasteiger partial charge < -0.3 is 4.90 Å². The first-order valence-corrected chi connectivity index (χ1v) is 8.97. The second-order valence-electron chi connectivity index (χ2n) is 6.65. The standard InChI is InChI=1S/C20H21ClN2O/c21-17-10-4-5-11-18(17)23-16-13-19(20(23)24)22(14-16)12-6-9-15-7-2-1-3-8-15/h1-5,7-8,10-11,16,19H,6,9,12-14H2/t16-,19-/m0/s1. The minimum atomic E-state index is 0.0297. The van der Waals surface area contributed by atoms with Crippen molar-refractivity contribution in [3.05, 3.63) is 65.2 Å². The van der Waals surface area contributed by atoms with Crippen LogP contribution < -0.4 is 4.90 Å². The molecule has 24 heavy (non-hydrogen) atoms. The molecular formula is C20H21ClN2O. The minimum absolute atomic E-state index is 0.0297. The molecule has 2 heterocycles. The maximum absolute atomic E-state index is 12.8. The van der Waals surface area contributed by atoms with Crippen molar-refractivity contribution in [2.24, 2.45) is 0 Å². The summed E-state index contributed by atoms with van der Waals surface area (Å²) in [6, 6.07) is 18.5. The lowest BCUT2D eigenvalue weighted by Gasteiger charge is -2.34. The molecule has 2 fully saturated rings. The van der Waals surface area contributed by atoms with E-state index >= 15 is 0 Å². The van der Waals surface area contributed by atoms with Crippen LogP contribution in [0.2, 0.25) is 5.02 Å². The van der Waals surface area contributed by atoms with Crippen molar-refractivity contribution in [2.75, 3.05) is 18.0 Å². The SMILES string of the molecule is O=C1[C@@H]2C[C@@H](CN2CCCc2ccccc2)N1c1ccccc1Cl. The second-order valence-corrected chi connectivity index (χ2v) is 7.06. The molecule has 0 aromatic heterocycles. The molecule has 2 atom stereocenters. The van der Waals surface area contributed by atoms with Gasteiger partial charge in [0.05, 0.1) is 22.8 Å². The van der Waals surface area contributed by atoms with Gasteiger partial charge in [0.1, 0.15) is 0 Å². The van der Waals surface area contributed by atoms with Crippen molar-refractivity contribution in [3.63, 3.8) is 0 Å². The number of hydrogen-bond donors (Lipinski definition) is 0. The first-order chi connectivity index (χ1) is 11.7. The largest absolute Gasteiger partial charge is 0.305 e. The van der Waals surface area contributed by atoms with E-state index in [1.807, 2.05) is 35.2 Å². The van der Waals surface area contributed by atoms with Gasteiger partial charge in [-0.05, 0) is 43.5 Å². The fourth-order valence-electron chi connectivity index (χ4n) is 4.00. The lowest BCUT2D eigenvalue weighted by Crippen LogP contribution is -2.50. The normalized spacial score (nSPS) is 23.2. The quantitative estimate of drug-likeness (QED) is 0.827. The predicted octanol–water partition coefficient (Wildman–Crippen LogP) is 3.76. The number of rotatable bonds is 5. The van der Waals surface area contributed by atoms with Crippen molar-refractivity contribution in [1.82, 2.24) is 4.90 Å². The summed E-state index contributed by atoms with van der Waals surface area (Å²) in [7, 11) is 0. The number of aryl methyl sites for hydroxylation is 1. The van der Waals surface area contributed by atoms with Crippen LogP contribution in [0.3, 0.4) is 0 Å². The van der Waals surface area contributed by atoms with Gasteiger partial charge in [-0.2, -0.15) is 0 Å².